The van der Waals surface area contributed by atoms with Gasteiger partial charge >= 0.3 is 0 Å². The molecule has 30 heavy (non-hydrogen) atoms. The fourth-order valence-electron chi connectivity index (χ4n) is 2.52. The van der Waals surface area contributed by atoms with Gasteiger partial charge in [-0.05, 0) is 36.4 Å². The molecule has 0 saturated carbocycles. The van der Waals surface area contributed by atoms with E-state index in [0.717, 1.165) is 0 Å². The number of amides is 2. The van der Waals surface area contributed by atoms with Crippen molar-refractivity contribution in [2.24, 2.45) is 7.05 Å². The van der Waals surface area contributed by atoms with Gasteiger partial charge in [0.05, 0.1) is 19.4 Å². The number of nitrogens with one attached hydrogen (secondary N) is 2. The second-order valence-electron chi connectivity index (χ2n) is 6.22. The fraction of sp³-hybridized carbons (Fsp3) is 0.200. The number of benzene rings is 2. The van der Waals surface area contributed by atoms with Crippen molar-refractivity contribution >= 4 is 40.9 Å². The molecule has 0 aliphatic rings. The SMILES string of the molecule is COc1cccc(NC(=O)CSc2nnc(CNC(=O)c3ccc(Cl)cc3)n2C)c1. The van der Waals surface area contributed by atoms with E-state index in [1.54, 1.807) is 67.3 Å². The third-order valence-electron chi connectivity index (χ3n) is 4.12. The number of anilines is 1. The Labute approximate surface area is 183 Å². The first-order chi connectivity index (χ1) is 14.5. The van der Waals surface area contributed by atoms with Crippen LogP contribution in [0.5, 0.6) is 5.75 Å². The lowest BCUT2D eigenvalue weighted by molar-refractivity contribution is -0.113. The standard InChI is InChI=1S/C20H20ClN5O3S/c1-26-17(11-22-19(28)13-6-8-14(21)9-7-13)24-25-20(26)30-12-18(27)23-15-4-3-5-16(10-15)29-2/h3-10H,11-12H2,1-2H3,(H,22,28)(H,23,27). The first kappa shape index (κ1) is 21.7. The summed E-state index contributed by atoms with van der Waals surface area (Å²) in [5.74, 6) is 1.00. The van der Waals surface area contributed by atoms with E-state index in [9.17, 15) is 9.59 Å². The molecule has 0 unspecified atom stereocenters. The van der Waals surface area contributed by atoms with E-state index in [1.165, 1.54) is 11.8 Å². The van der Waals surface area contributed by atoms with Crippen LogP contribution in [-0.2, 0) is 18.4 Å². The minimum Gasteiger partial charge on any atom is -0.497 e. The molecule has 2 amide bonds. The van der Waals surface area contributed by atoms with Gasteiger partial charge in [0.15, 0.2) is 11.0 Å². The molecule has 0 radical (unpaired) electrons. The van der Waals surface area contributed by atoms with Crippen LogP contribution >= 0.6 is 23.4 Å². The number of nitrogens with zero attached hydrogens (tertiary/aromatic N) is 3. The summed E-state index contributed by atoms with van der Waals surface area (Å²) in [6.07, 6.45) is 0. The number of ether oxygens (including phenoxy) is 1. The minimum atomic E-state index is -0.235. The number of methoxy groups -OCH3 is 1. The Balaban J connectivity index is 1.51. The molecule has 0 aliphatic heterocycles. The minimum absolute atomic E-state index is 0.167. The van der Waals surface area contributed by atoms with Crippen molar-refractivity contribution in [1.29, 1.82) is 0 Å². The summed E-state index contributed by atoms with van der Waals surface area (Å²) in [5, 5.41) is 14.9. The van der Waals surface area contributed by atoms with Gasteiger partial charge in [0.2, 0.25) is 5.91 Å². The van der Waals surface area contributed by atoms with Crippen LogP contribution in [0.3, 0.4) is 0 Å². The summed E-state index contributed by atoms with van der Waals surface area (Å²) in [6.45, 7) is 0.210. The largest absolute Gasteiger partial charge is 0.497 e. The Morgan fingerprint density at radius 2 is 1.93 bits per heavy atom. The Bertz CT molecular complexity index is 1040. The second kappa shape index (κ2) is 10.1. The Kier molecular flexibility index (Phi) is 7.31. The number of hydrogen-bond donors (Lipinski definition) is 2. The normalized spacial score (nSPS) is 10.5. The molecular weight excluding hydrogens is 426 g/mol. The molecule has 156 valence electrons. The number of halogens is 1. The first-order valence-electron chi connectivity index (χ1n) is 8.95. The van der Waals surface area contributed by atoms with Gasteiger partial charge in [-0.15, -0.1) is 10.2 Å². The van der Waals surface area contributed by atoms with Crippen molar-refractivity contribution < 1.29 is 14.3 Å². The number of carbonyl (C=O) groups is 2. The van der Waals surface area contributed by atoms with Crippen LogP contribution < -0.4 is 15.4 Å². The molecule has 2 N–H and O–H groups in total. The van der Waals surface area contributed by atoms with E-state index < -0.39 is 0 Å². The molecule has 0 atom stereocenters. The molecule has 8 nitrogen and oxygen atoms in total. The molecule has 0 bridgehead atoms. The highest BCUT2D eigenvalue weighted by molar-refractivity contribution is 7.99. The molecule has 0 saturated heterocycles. The average molecular weight is 446 g/mol. The van der Waals surface area contributed by atoms with Crippen molar-refractivity contribution in [3.8, 4) is 5.75 Å². The molecule has 0 fully saturated rings. The molecule has 0 aliphatic carbocycles. The lowest BCUT2D eigenvalue weighted by Gasteiger charge is -2.07. The van der Waals surface area contributed by atoms with Gasteiger partial charge in [0.1, 0.15) is 5.75 Å². The Hall–Kier alpha value is -3.04. The van der Waals surface area contributed by atoms with Gasteiger partial charge < -0.3 is 19.9 Å². The summed E-state index contributed by atoms with van der Waals surface area (Å²) < 4.78 is 6.89. The Morgan fingerprint density at radius 1 is 1.17 bits per heavy atom. The zero-order valence-electron chi connectivity index (χ0n) is 16.4. The van der Waals surface area contributed by atoms with Crippen LogP contribution in [0.15, 0.2) is 53.7 Å². The highest BCUT2D eigenvalue weighted by atomic mass is 35.5. The predicted octanol–water partition coefficient (Wildman–Crippen LogP) is 3.14. The van der Waals surface area contributed by atoms with Crippen LogP contribution in [0.25, 0.3) is 0 Å². The second-order valence-corrected chi connectivity index (χ2v) is 7.60. The number of thioether (sulfide) groups is 1. The first-order valence-corrected chi connectivity index (χ1v) is 10.3. The summed E-state index contributed by atoms with van der Waals surface area (Å²) in [7, 11) is 3.35. The molecular formula is C20H20ClN5O3S. The smallest absolute Gasteiger partial charge is 0.251 e. The highest BCUT2D eigenvalue weighted by Crippen LogP contribution is 2.19. The zero-order chi connectivity index (χ0) is 21.5. The van der Waals surface area contributed by atoms with Crippen molar-refractivity contribution in [1.82, 2.24) is 20.1 Å². The van der Waals surface area contributed by atoms with Crippen LogP contribution in [0, 0.1) is 0 Å². The van der Waals surface area contributed by atoms with Crippen LogP contribution in [-0.4, -0.2) is 39.4 Å². The highest BCUT2D eigenvalue weighted by Gasteiger charge is 2.13. The summed E-state index contributed by atoms with van der Waals surface area (Å²) in [6, 6.07) is 13.7. The lowest BCUT2D eigenvalue weighted by atomic mass is 10.2. The van der Waals surface area contributed by atoms with Gasteiger partial charge in [0, 0.05) is 29.4 Å². The van der Waals surface area contributed by atoms with Gasteiger partial charge in [-0.25, -0.2) is 0 Å². The molecule has 1 heterocycles. The van der Waals surface area contributed by atoms with Crippen LogP contribution in [0.1, 0.15) is 16.2 Å². The lowest BCUT2D eigenvalue weighted by Crippen LogP contribution is -2.24. The molecule has 1 aromatic heterocycles. The van der Waals surface area contributed by atoms with Crippen molar-refractivity contribution in [3.05, 3.63) is 64.9 Å². The molecule has 3 rings (SSSR count). The quantitative estimate of drug-likeness (QED) is 0.517. The topological polar surface area (TPSA) is 98.1 Å². The number of aromatic nitrogens is 3. The fourth-order valence-corrected chi connectivity index (χ4v) is 3.37. The maximum absolute atomic E-state index is 12.2. The van der Waals surface area contributed by atoms with Gasteiger partial charge in [0.25, 0.3) is 5.91 Å². The maximum Gasteiger partial charge on any atom is 0.251 e. The third-order valence-corrected chi connectivity index (χ3v) is 5.40. The third kappa shape index (κ3) is 5.74. The monoisotopic (exact) mass is 445 g/mol. The van der Waals surface area contributed by atoms with Gasteiger partial charge in [-0.3, -0.25) is 9.59 Å². The van der Waals surface area contributed by atoms with E-state index in [0.29, 0.717) is 33.0 Å². The molecule has 10 heteroatoms. The number of carbonyl (C=O) groups excluding carboxylic acids is 2. The zero-order valence-corrected chi connectivity index (χ0v) is 18.0. The van der Waals surface area contributed by atoms with Gasteiger partial charge in [-0.1, -0.05) is 29.4 Å². The van der Waals surface area contributed by atoms with Crippen molar-refractivity contribution in [2.75, 3.05) is 18.2 Å². The maximum atomic E-state index is 12.2. The van der Waals surface area contributed by atoms with E-state index in [1.807, 2.05) is 0 Å². The van der Waals surface area contributed by atoms with E-state index >= 15 is 0 Å². The van der Waals surface area contributed by atoms with Crippen LogP contribution in [0.2, 0.25) is 5.02 Å². The predicted molar refractivity (Wildman–Crippen MR) is 116 cm³/mol. The molecule has 2 aromatic carbocycles. The Morgan fingerprint density at radius 3 is 2.67 bits per heavy atom. The molecule has 3 aromatic rings. The summed E-state index contributed by atoms with van der Waals surface area (Å²) >= 11 is 7.09. The van der Waals surface area contributed by atoms with Crippen molar-refractivity contribution in [3.63, 3.8) is 0 Å². The van der Waals surface area contributed by atoms with E-state index in [-0.39, 0.29) is 24.1 Å². The van der Waals surface area contributed by atoms with Crippen LogP contribution in [0.4, 0.5) is 5.69 Å². The number of hydrogen-bond acceptors (Lipinski definition) is 6. The average Bonchev–Trinajstić information content (AvgIpc) is 3.10. The van der Waals surface area contributed by atoms with E-state index in [4.69, 9.17) is 16.3 Å². The summed E-state index contributed by atoms with van der Waals surface area (Å²) in [5.41, 5.74) is 1.16. The number of rotatable bonds is 8. The summed E-state index contributed by atoms with van der Waals surface area (Å²) in [4.78, 5) is 24.4. The van der Waals surface area contributed by atoms with E-state index in [2.05, 4.69) is 20.8 Å². The molecule has 0 spiro atoms. The van der Waals surface area contributed by atoms with Gasteiger partial charge in [-0.2, -0.15) is 0 Å². The van der Waals surface area contributed by atoms with Crippen molar-refractivity contribution in [2.45, 2.75) is 11.7 Å².